The minimum atomic E-state index is -0.249. The van der Waals surface area contributed by atoms with Crippen molar-refractivity contribution in [1.29, 1.82) is 0 Å². The molecular weight excluding hydrogens is 168 g/mol. The first-order chi connectivity index (χ1) is 6.02. The zero-order chi connectivity index (χ0) is 10.0. The van der Waals surface area contributed by atoms with Crippen LogP contribution in [0.1, 0.15) is 34.6 Å². The Morgan fingerprint density at radius 1 is 1.15 bits per heavy atom. The first-order valence-electron chi connectivity index (χ1n) is 3.87. The molecule has 0 unspecified atom stereocenters. The summed E-state index contributed by atoms with van der Waals surface area (Å²) in [6.45, 7) is 2.76. The molecule has 0 heterocycles. The van der Waals surface area contributed by atoms with Crippen molar-refractivity contribution in [2.24, 2.45) is 0 Å². The van der Waals surface area contributed by atoms with Crippen LogP contribution in [0.5, 0.6) is 5.75 Å². The highest BCUT2D eigenvalue weighted by molar-refractivity contribution is 6.01. The third kappa shape index (κ3) is 1.93. The van der Waals surface area contributed by atoms with Gasteiger partial charge in [-0.25, -0.2) is 0 Å². The van der Waals surface area contributed by atoms with Crippen LogP contribution in [-0.2, 0) is 0 Å². The summed E-state index contributed by atoms with van der Waals surface area (Å²) in [6, 6.07) is 4.25. The lowest BCUT2D eigenvalue weighted by atomic mass is 10.0. The van der Waals surface area contributed by atoms with Gasteiger partial charge in [-0.2, -0.15) is 0 Å². The quantitative estimate of drug-likeness (QED) is 0.702. The maximum atomic E-state index is 11.0. The van der Waals surface area contributed by atoms with Crippen LogP contribution in [-0.4, -0.2) is 16.7 Å². The Kier molecular flexibility index (Phi) is 2.46. The fourth-order valence-electron chi connectivity index (χ4n) is 1.04. The number of hydrogen-bond donors (Lipinski definition) is 1. The smallest absolute Gasteiger partial charge is 0.163 e. The van der Waals surface area contributed by atoms with Crippen LogP contribution in [0.3, 0.4) is 0 Å². The highest BCUT2D eigenvalue weighted by Crippen LogP contribution is 2.19. The zero-order valence-electron chi connectivity index (χ0n) is 7.50. The Balaban J connectivity index is 3.27. The van der Waals surface area contributed by atoms with Crippen LogP contribution < -0.4 is 0 Å². The van der Waals surface area contributed by atoms with E-state index in [-0.39, 0.29) is 22.9 Å². The van der Waals surface area contributed by atoms with E-state index in [0.717, 1.165) is 0 Å². The molecule has 1 rings (SSSR count). The number of ketones is 2. The van der Waals surface area contributed by atoms with Crippen LogP contribution in [0.4, 0.5) is 0 Å². The van der Waals surface area contributed by atoms with Crippen LogP contribution in [0, 0.1) is 0 Å². The Morgan fingerprint density at radius 3 is 2.23 bits per heavy atom. The third-order valence-corrected chi connectivity index (χ3v) is 1.78. The second-order valence-corrected chi connectivity index (χ2v) is 2.84. The van der Waals surface area contributed by atoms with E-state index in [1.807, 2.05) is 0 Å². The average molecular weight is 178 g/mol. The molecule has 0 aliphatic carbocycles. The monoisotopic (exact) mass is 178 g/mol. The summed E-state index contributed by atoms with van der Waals surface area (Å²) in [5.41, 5.74) is 0.621. The van der Waals surface area contributed by atoms with E-state index in [1.165, 1.54) is 32.0 Å². The number of carbonyl (C=O) groups is 2. The standard InChI is InChI=1S/C10H10O3/c1-6(11)8-3-4-10(13)9(5-8)7(2)12/h3-5,13H,1-2H3. The molecule has 3 nitrogen and oxygen atoms in total. The van der Waals surface area contributed by atoms with Gasteiger partial charge < -0.3 is 5.11 Å². The van der Waals surface area contributed by atoms with Gasteiger partial charge in [0, 0.05) is 5.56 Å². The predicted molar refractivity (Wildman–Crippen MR) is 48.1 cm³/mol. The molecule has 0 aliphatic rings. The second kappa shape index (κ2) is 3.39. The normalized spacial score (nSPS) is 9.69. The molecule has 1 aromatic rings. The highest BCUT2D eigenvalue weighted by Gasteiger charge is 2.08. The molecule has 3 heteroatoms. The van der Waals surface area contributed by atoms with Gasteiger partial charge in [0.05, 0.1) is 5.56 Å². The minimum Gasteiger partial charge on any atom is -0.507 e. The fourth-order valence-corrected chi connectivity index (χ4v) is 1.04. The Hall–Kier alpha value is -1.64. The summed E-state index contributed by atoms with van der Waals surface area (Å²) < 4.78 is 0. The molecule has 0 saturated heterocycles. The summed E-state index contributed by atoms with van der Waals surface area (Å²) >= 11 is 0. The van der Waals surface area contributed by atoms with Crippen molar-refractivity contribution in [3.8, 4) is 5.75 Å². The van der Waals surface area contributed by atoms with E-state index in [4.69, 9.17) is 0 Å². The predicted octanol–water partition coefficient (Wildman–Crippen LogP) is 1.80. The number of phenolic OH excluding ortho intramolecular Hbond substituents is 1. The molecule has 1 N–H and O–H groups in total. The number of benzene rings is 1. The molecule has 0 amide bonds. The average Bonchev–Trinajstić information content (AvgIpc) is 2.04. The van der Waals surface area contributed by atoms with E-state index in [9.17, 15) is 14.7 Å². The van der Waals surface area contributed by atoms with Gasteiger partial charge >= 0.3 is 0 Å². The minimum absolute atomic E-state index is 0.0856. The molecule has 13 heavy (non-hydrogen) atoms. The van der Waals surface area contributed by atoms with Gasteiger partial charge in [0.1, 0.15) is 5.75 Å². The van der Waals surface area contributed by atoms with Crippen molar-refractivity contribution in [3.63, 3.8) is 0 Å². The molecule has 0 saturated carbocycles. The second-order valence-electron chi connectivity index (χ2n) is 2.84. The molecule has 0 atom stereocenters. The zero-order valence-corrected chi connectivity index (χ0v) is 7.50. The lowest BCUT2D eigenvalue weighted by Gasteiger charge is -2.01. The Labute approximate surface area is 76.0 Å². The van der Waals surface area contributed by atoms with E-state index < -0.39 is 0 Å². The van der Waals surface area contributed by atoms with Crippen molar-refractivity contribution in [1.82, 2.24) is 0 Å². The van der Waals surface area contributed by atoms with E-state index in [1.54, 1.807) is 0 Å². The van der Waals surface area contributed by atoms with E-state index >= 15 is 0 Å². The van der Waals surface area contributed by atoms with Crippen molar-refractivity contribution in [2.45, 2.75) is 13.8 Å². The maximum absolute atomic E-state index is 11.0. The highest BCUT2D eigenvalue weighted by atomic mass is 16.3. The van der Waals surface area contributed by atoms with Gasteiger partial charge in [0.25, 0.3) is 0 Å². The van der Waals surface area contributed by atoms with Gasteiger partial charge in [0.2, 0.25) is 0 Å². The number of carbonyl (C=O) groups excluding carboxylic acids is 2. The largest absolute Gasteiger partial charge is 0.507 e. The molecule has 0 fully saturated rings. The first kappa shape index (κ1) is 9.45. The summed E-state index contributed by atoms with van der Waals surface area (Å²) in [6.07, 6.45) is 0. The van der Waals surface area contributed by atoms with Gasteiger partial charge in [-0.1, -0.05) is 0 Å². The maximum Gasteiger partial charge on any atom is 0.163 e. The molecular formula is C10H10O3. The van der Waals surface area contributed by atoms with E-state index in [0.29, 0.717) is 5.56 Å². The van der Waals surface area contributed by atoms with Crippen molar-refractivity contribution < 1.29 is 14.7 Å². The molecule has 0 aromatic heterocycles. The summed E-state index contributed by atoms with van der Waals surface area (Å²) in [7, 11) is 0. The number of aromatic hydroxyl groups is 1. The number of phenols is 1. The summed E-state index contributed by atoms with van der Waals surface area (Å²) in [5.74, 6) is -0.458. The Bertz CT molecular complexity index is 366. The van der Waals surface area contributed by atoms with Crippen LogP contribution in [0.25, 0.3) is 0 Å². The fraction of sp³-hybridized carbons (Fsp3) is 0.200. The molecule has 0 aliphatic heterocycles. The molecule has 68 valence electrons. The molecule has 0 bridgehead atoms. The van der Waals surface area contributed by atoms with E-state index in [2.05, 4.69) is 0 Å². The molecule has 1 aromatic carbocycles. The third-order valence-electron chi connectivity index (χ3n) is 1.78. The van der Waals surface area contributed by atoms with Crippen molar-refractivity contribution in [3.05, 3.63) is 29.3 Å². The SMILES string of the molecule is CC(=O)c1ccc(O)c(C(C)=O)c1. The lowest BCUT2D eigenvalue weighted by Crippen LogP contribution is -1.98. The van der Waals surface area contributed by atoms with Crippen molar-refractivity contribution >= 4 is 11.6 Å². The van der Waals surface area contributed by atoms with Crippen LogP contribution in [0.15, 0.2) is 18.2 Å². The number of Topliss-reactive ketones (excluding diaryl/α,β-unsaturated/α-hetero) is 2. The number of rotatable bonds is 2. The van der Waals surface area contributed by atoms with Gasteiger partial charge in [0.15, 0.2) is 11.6 Å². The lowest BCUT2D eigenvalue weighted by molar-refractivity contribution is 0.101. The van der Waals surface area contributed by atoms with Gasteiger partial charge in [-0.05, 0) is 32.0 Å². The number of hydrogen-bond acceptors (Lipinski definition) is 3. The molecule has 0 spiro atoms. The molecule has 0 radical (unpaired) electrons. The van der Waals surface area contributed by atoms with Gasteiger partial charge in [-0.15, -0.1) is 0 Å². The summed E-state index contributed by atoms with van der Waals surface area (Å²) in [4.78, 5) is 21.9. The van der Waals surface area contributed by atoms with Crippen LogP contribution in [0.2, 0.25) is 0 Å². The van der Waals surface area contributed by atoms with Crippen molar-refractivity contribution in [2.75, 3.05) is 0 Å². The Morgan fingerprint density at radius 2 is 1.77 bits per heavy atom. The first-order valence-corrected chi connectivity index (χ1v) is 3.87. The van der Waals surface area contributed by atoms with Crippen LogP contribution >= 0.6 is 0 Å². The van der Waals surface area contributed by atoms with Gasteiger partial charge in [-0.3, -0.25) is 9.59 Å². The topological polar surface area (TPSA) is 54.4 Å². The summed E-state index contributed by atoms with van der Waals surface area (Å²) in [5, 5.41) is 9.26.